The molecule has 1 aliphatic heterocycles. The minimum absolute atomic E-state index is 0.358. The van der Waals surface area contributed by atoms with Crippen molar-refractivity contribution in [2.45, 2.75) is 30.9 Å². The van der Waals surface area contributed by atoms with E-state index in [1.807, 2.05) is 78.9 Å². The number of nitrogens with zero attached hydrogens (tertiary/aromatic N) is 3. The van der Waals surface area contributed by atoms with E-state index >= 15 is 0 Å². The zero-order valence-corrected chi connectivity index (χ0v) is 21.3. The van der Waals surface area contributed by atoms with Crippen LogP contribution in [0.3, 0.4) is 0 Å². The van der Waals surface area contributed by atoms with Crippen molar-refractivity contribution in [1.29, 1.82) is 0 Å². The lowest BCUT2D eigenvalue weighted by Gasteiger charge is -2.31. The minimum atomic E-state index is -3.53. The number of fused-ring (bicyclic) bond motifs is 2. The van der Waals surface area contributed by atoms with Crippen LogP contribution in [0.1, 0.15) is 18.7 Å². The topological polar surface area (TPSA) is 64.4 Å². The normalized spacial score (nSPS) is 15.4. The predicted octanol–water partition coefficient (Wildman–Crippen LogP) is 5.87. The molecule has 1 aromatic heterocycles. The molecule has 0 N–H and O–H groups in total. The van der Waals surface area contributed by atoms with Gasteiger partial charge < -0.3 is 9.30 Å². The number of aromatic nitrogens is 2. The molecule has 6 nitrogen and oxygen atoms in total. The lowest BCUT2D eigenvalue weighted by Crippen LogP contribution is -2.39. The number of piperidine rings is 1. The smallest absolute Gasteiger partial charge is 0.243 e. The lowest BCUT2D eigenvalue weighted by atomic mass is 9.98. The molecule has 37 heavy (non-hydrogen) atoms. The van der Waals surface area contributed by atoms with E-state index in [1.54, 1.807) is 16.4 Å². The van der Waals surface area contributed by atoms with Crippen LogP contribution in [0.25, 0.3) is 21.8 Å². The van der Waals surface area contributed by atoms with E-state index in [1.165, 1.54) is 0 Å². The molecule has 0 atom stereocenters. The van der Waals surface area contributed by atoms with Crippen LogP contribution in [0, 0.1) is 5.92 Å². The second-order valence-corrected chi connectivity index (χ2v) is 11.5. The third kappa shape index (κ3) is 4.84. The summed E-state index contributed by atoms with van der Waals surface area (Å²) < 4.78 is 36.7. The van der Waals surface area contributed by atoms with Gasteiger partial charge in [-0.3, -0.25) is 0 Å². The first kappa shape index (κ1) is 23.7. The van der Waals surface area contributed by atoms with Crippen molar-refractivity contribution < 1.29 is 13.2 Å². The average molecular weight is 512 g/mol. The quantitative estimate of drug-likeness (QED) is 0.274. The van der Waals surface area contributed by atoms with Crippen molar-refractivity contribution in [3.05, 3.63) is 103 Å². The van der Waals surface area contributed by atoms with Crippen LogP contribution in [0.15, 0.2) is 102 Å². The number of hydrogen-bond acceptors (Lipinski definition) is 4. The second-order valence-electron chi connectivity index (χ2n) is 9.59. The highest BCUT2D eigenvalue weighted by molar-refractivity contribution is 7.89. The Bertz CT molecular complexity index is 1640. The average Bonchev–Trinajstić information content (AvgIpc) is 3.29. The number of sulfonamides is 1. The highest BCUT2D eigenvalue weighted by Crippen LogP contribution is 2.28. The van der Waals surface area contributed by atoms with Gasteiger partial charge in [-0.25, -0.2) is 13.4 Å². The number of rotatable bonds is 7. The first-order chi connectivity index (χ1) is 18.1. The molecule has 1 aliphatic rings. The molecule has 0 saturated carbocycles. The summed E-state index contributed by atoms with van der Waals surface area (Å²) in [6, 6.07) is 31.1. The monoisotopic (exact) mass is 511 g/mol. The fourth-order valence-corrected chi connectivity index (χ4v) is 6.68. The number of benzene rings is 4. The molecule has 1 saturated heterocycles. The number of hydrogen-bond donors (Lipinski definition) is 0. The number of para-hydroxylation sites is 3. The van der Waals surface area contributed by atoms with E-state index < -0.39 is 10.0 Å². The Balaban J connectivity index is 1.17. The number of imidazole rings is 1. The summed E-state index contributed by atoms with van der Waals surface area (Å²) in [5.41, 5.74) is 2.03. The van der Waals surface area contributed by atoms with E-state index in [9.17, 15) is 8.42 Å². The maximum atomic E-state index is 13.4. The highest BCUT2D eigenvalue weighted by atomic mass is 32.2. The summed E-state index contributed by atoms with van der Waals surface area (Å²) in [6.45, 7) is 2.20. The zero-order chi connectivity index (χ0) is 25.2. The fraction of sp³-hybridized carbons (Fsp3) is 0.233. The Hall–Kier alpha value is -3.68. The molecule has 1 fully saturated rings. The fourth-order valence-electron chi connectivity index (χ4n) is 5.17. The van der Waals surface area contributed by atoms with Crippen LogP contribution < -0.4 is 4.74 Å². The molecule has 6 rings (SSSR count). The van der Waals surface area contributed by atoms with Gasteiger partial charge in [-0.1, -0.05) is 60.7 Å². The Morgan fingerprint density at radius 2 is 1.51 bits per heavy atom. The van der Waals surface area contributed by atoms with E-state index in [2.05, 4.69) is 10.6 Å². The van der Waals surface area contributed by atoms with Crippen molar-refractivity contribution in [3.8, 4) is 5.75 Å². The maximum Gasteiger partial charge on any atom is 0.243 e. The van der Waals surface area contributed by atoms with Gasteiger partial charge in [0.25, 0.3) is 0 Å². The van der Waals surface area contributed by atoms with Gasteiger partial charge in [-0.2, -0.15) is 4.31 Å². The molecule has 0 aliphatic carbocycles. The van der Waals surface area contributed by atoms with E-state index in [0.717, 1.165) is 52.8 Å². The van der Waals surface area contributed by atoms with Crippen molar-refractivity contribution in [1.82, 2.24) is 13.9 Å². The van der Waals surface area contributed by atoms with Crippen LogP contribution >= 0.6 is 0 Å². The summed E-state index contributed by atoms with van der Waals surface area (Å²) >= 11 is 0. The molecule has 2 heterocycles. The molecule has 7 heteroatoms. The van der Waals surface area contributed by atoms with Gasteiger partial charge in [0.05, 0.1) is 15.9 Å². The van der Waals surface area contributed by atoms with Crippen LogP contribution in [-0.4, -0.2) is 35.4 Å². The summed E-state index contributed by atoms with van der Waals surface area (Å²) in [4.78, 5) is 5.21. The molecule has 0 amide bonds. The highest BCUT2D eigenvalue weighted by Gasteiger charge is 2.30. The van der Waals surface area contributed by atoms with Crippen molar-refractivity contribution in [2.24, 2.45) is 5.92 Å². The molecule has 0 bridgehead atoms. The van der Waals surface area contributed by atoms with Gasteiger partial charge in [-0.05, 0) is 65.9 Å². The minimum Gasteiger partial charge on any atom is -0.486 e. The Morgan fingerprint density at radius 1 is 0.811 bits per heavy atom. The Labute approximate surface area is 217 Å². The molecule has 0 spiro atoms. The SMILES string of the molecule is O=S(=O)(c1ccc2ccccc2c1)N1CCC(Cn2c(COc3ccccc3)nc3ccccc32)CC1. The zero-order valence-electron chi connectivity index (χ0n) is 20.5. The molecule has 5 aromatic rings. The molecule has 0 unspecified atom stereocenters. The third-order valence-electron chi connectivity index (χ3n) is 7.22. The summed E-state index contributed by atoms with van der Waals surface area (Å²) in [5.74, 6) is 2.06. The van der Waals surface area contributed by atoms with E-state index in [-0.39, 0.29) is 0 Å². The predicted molar refractivity (Wildman–Crippen MR) is 146 cm³/mol. The molecular formula is C30H29N3O3S. The maximum absolute atomic E-state index is 13.4. The van der Waals surface area contributed by atoms with E-state index in [4.69, 9.17) is 9.72 Å². The van der Waals surface area contributed by atoms with Gasteiger partial charge in [0.1, 0.15) is 18.2 Å². The largest absolute Gasteiger partial charge is 0.486 e. The van der Waals surface area contributed by atoms with E-state index in [0.29, 0.717) is 30.5 Å². The number of ether oxygens (including phenoxy) is 1. The molecule has 188 valence electrons. The molecular weight excluding hydrogens is 482 g/mol. The summed E-state index contributed by atoms with van der Waals surface area (Å²) in [5, 5.41) is 1.98. The Morgan fingerprint density at radius 3 is 2.32 bits per heavy atom. The van der Waals surface area contributed by atoms with Crippen LogP contribution in [0.4, 0.5) is 0 Å². The van der Waals surface area contributed by atoms with Gasteiger partial charge in [0.15, 0.2) is 0 Å². The summed E-state index contributed by atoms with van der Waals surface area (Å²) in [7, 11) is -3.53. The summed E-state index contributed by atoms with van der Waals surface area (Å²) in [6.07, 6.45) is 1.61. The lowest BCUT2D eigenvalue weighted by molar-refractivity contribution is 0.244. The standard InChI is InChI=1S/C30H29N3O3S/c34-37(35,27-15-14-24-8-4-5-9-25(24)20-27)32-18-16-23(17-19-32)21-33-29-13-7-6-12-28(29)31-30(33)22-36-26-10-2-1-3-11-26/h1-15,20,23H,16-19,21-22H2. The van der Waals surface area contributed by atoms with Crippen LogP contribution in [0.2, 0.25) is 0 Å². The first-order valence-electron chi connectivity index (χ1n) is 12.7. The molecule has 4 aromatic carbocycles. The second kappa shape index (κ2) is 10.00. The van der Waals surface area contributed by atoms with Crippen LogP contribution in [-0.2, 0) is 23.2 Å². The van der Waals surface area contributed by atoms with Crippen molar-refractivity contribution in [2.75, 3.05) is 13.1 Å². The van der Waals surface area contributed by atoms with Gasteiger partial charge in [-0.15, -0.1) is 0 Å². The third-order valence-corrected chi connectivity index (χ3v) is 9.11. The Kier molecular flexibility index (Phi) is 6.40. The first-order valence-corrected chi connectivity index (χ1v) is 14.1. The van der Waals surface area contributed by atoms with Gasteiger partial charge >= 0.3 is 0 Å². The molecule has 0 radical (unpaired) electrons. The van der Waals surface area contributed by atoms with Gasteiger partial charge in [0.2, 0.25) is 10.0 Å². The van der Waals surface area contributed by atoms with Crippen molar-refractivity contribution >= 4 is 31.8 Å². The van der Waals surface area contributed by atoms with Crippen molar-refractivity contribution in [3.63, 3.8) is 0 Å². The van der Waals surface area contributed by atoms with Gasteiger partial charge in [0, 0.05) is 19.6 Å². The van der Waals surface area contributed by atoms with Crippen LogP contribution in [0.5, 0.6) is 5.75 Å².